The van der Waals surface area contributed by atoms with Gasteiger partial charge in [0, 0.05) is 11.9 Å². The lowest BCUT2D eigenvalue weighted by Gasteiger charge is -2.09. The second-order valence-electron chi connectivity index (χ2n) is 2.00. The molecule has 0 aromatic carbocycles. The van der Waals surface area contributed by atoms with Crippen LogP contribution in [-0.4, -0.2) is 6.03 Å². The second-order valence-corrected chi connectivity index (χ2v) is 2.00. The summed E-state index contributed by atoms with van der Waals surface area (Å²) < 4.78 is 0. The van der Waals surface area contributed by atoms with Gasteiger partial charge in [-0.25, -0.2) is 4.79 Å². The highest BCUT2D eigenvalue weighted by molar-refractivity contribution is 5.78. The quantitative estimate of drug-likeness (QED) is 0.559. The first-order valence-electron chi connectivity index (χ1n) is 3.27. The van der Waals surface area contributed by atoms with Gasteiger partial charge in [-0.1, -0.05) is 13.0 Å². The molecular formula is C7H10N2O. The number of nitrogens with one attached hydrogen (secondary N) is 2. The fourth-order valence-corrected chi connectivity index (χ4v) is 0.755. The highest BCUT2D eigenvalue weighted by Crippen LogP contribution is 1.96. The molecule has 1 heterocycles. The molecule has 0 aliphatic carbocycles. The second kappa shape index (κ2) is 3.06. The van der Waals surface area contributed by atoms with Crippen molar-refractivity contribution in [3.8, 4) is 0 Å². The number of rotatable bonds is 1. The first-order chi connectivity index (χ1) is 4.83. The Labute approximate surface area is 59.8 Å². The van der Waals surface area contributed by atoms with Gasteiger partial charge in [-0.05, 0) is 12.5 Å². The van der Waals surface area contributed by atoms with Crippen LogP contribution in [0.2, 0.25) is 0 Å². The zero-order valence-corrected chi connectivity index (χ0v) is 5.85. The van der Waals surface area contributed by atoms with Crippen molar-refractivity contribution in [1.82, 2.24) is 10.6 Å². The van der Waals surface area contributed by atoms with Crippen LogP contribution < -0.4 is 10.6 Å². The monoisotopic (exact) mass is 138 g/mol. The predicted molar refractivity (Wildman–Crippen MR) is 39.2 cm³/mol. The number of hydrogen-bond donors (Lipinski definition) is 2. The van der Waals surface area contributed by atoms with Crippen LogP contribution in [0.5, 0.6) is 0 Å². The molecule has 2 N–H and O–H groups in total. The normalized spacial score (nSPS) is 20.5. The van der Waals surface area contributed by atoms with E-state index in [0.29, 0.717) is 0 Å². The predicted octanol–water partition coefficient (Wildman–Crippen LogP) is 1.11. The average molecular weight is 138 g/mol. The molecule has 1 rings (SSSR count). The van der Waals surface area contributed by atoms with Gasteiger partial charge >= 0.3 is 6.03 Å². The van der Waals surface area contributed by atoms with Gasteiger partial charge < -0.3 is 10.6 Å². The molecule has 10 heavy (non-hydrogen) atoms. The molecule has 0 spiro atoms. The molecule has 54 valence electrons. The van der Waals surface area contributed by atoms with E-state index in [1.165, 1.54) is 0 Å². The Balaban J connectivity index is 2.63. The average Bonchev–Trinajstić information content (AvgIpc) is 1.88. The van der Waals surface area contributed by atoms with Gasteiger partial charge in [-0.15, -0.1) is 0 Å². The summed E-state index contributed by atoms with van der Waals surface area (Å²) in [4.78, 5) is 10.6. The molecule has 0 bridgehead atoms. The lowest BCUT2D eigenvalue weighted by atomic mass is 10.3. The lowest BCUT2D eigenvalue weighted by Crippen LogP contribution is -2.34. The standard InChI is InChI=1S/C7H10N2O/c1-2-3-6-4-5-8-7(10)9-6/h3-5H,2H2,1H3,(H2,8,9,10)/b6-3-. The number of carbonyl (C=O) groups excluding carboxylic acids is 1. The van der Waals surface area contributed by atoms with Crippen molar-refractivity contribution >= 4 is 6.03 Å². The molecule has 3 heteroatoms. The zero-order valence-electron chi connectivity index (χ0n) is 5.85. The molecule has 2 amide bonds. The van der Waals surface area contributed by atoms with Crippen LogP contribution in [-0.2, 0) is 0 Å². The van der Waals surface area contributed by atoms with Crippen molar-refractivity contribution < 1.29 is 4.79 Å². The Bertz CT molecular complexity index is 194. The summed E-state index contributed by atoms with van der Waals surface area (Å²) >= 11 is 0. The maximum atomic E-state index is 10.6. The van der Waals surface area contributed by atoms with Gasteiger partial charge in [0.05, 0.1) is 0 Å². The van der Waals surface area contributed by atoms with Crippen LogP contribution in [0.15, 0.2) is 24.0 Å². The van der Waals surface area contributed by atoms with Crippen molar-refractivity contribution in [1.29, 1.82) is 0 Å². The van der Waals surface area contributed by atoms with Gasteiger partial charge in [-0.3, -0.25) is 0 Å². The summed E-state index contributed by atoms with van der Waals surface area (Å²) in [5.41, 5.74) is 0.867. The summed E-state index contributed by atoms with van der Waals surface area (Å²) in [5, 5.41) is 5.14. The topological polar surface area (TPSA) is 41.1 Å². The third kappa shape index (κ3) is 1.62. The maximum absolute atomic E-state index is 10.6. The summed E-state index contributed by atoms with van der Waals surface area (Å²) in [7, 11) is 0. The molecule has 3 nitrogen and oxygen atoms in total. The van der Waals surface area contributed by atoms with Crippen LogP contribution in [0.25, 0.3) is 0 Å². The molecule has 0 saturated carbocycles. The smallest absolute Gasteiger partial charge is 0.314 e. The highest BCUT2D eigenvalue weighted by atomic mass is 16.2. The van der Waals surface area contributed by atoms with Crippen molar-refractivity contribution in [2.45, 2.75) is 13.3 Å². The van der Waals surface area contributed by atoms with Crippen LogP contribution in [0.4, 0.5) is 4.79 Å². The van der Waals surface area contributed by atoms with Crippen molar-refractivity contribution in [3.05, 3.63) is 24.0 Å². The molecule has 0 saturated heterocycles. The van der Waals surface area contributed by atoms with E-state index in [1.807, 2.05) is 19.1 Å². The van der Waals surface area contributed by atoms with E-state index < -0.39 is 0 Å². The SMILES string of the molecule is CC/C=C1/C=CNC(=O)N1. The van der Waals surface area contributed by atoms with Crippen LogP contribution in [0.3, 0.4) is 0 Å². The highest BCUT2D eigenvalue weighted by Gasteiger charge is 2.02. The third-order valence-corrected chi connectivity index (χ3v) is 1.16. The number of hydrogen-bond acceptors (Lipinski definition) is 1. The van der Waals surface area contributed by atoms with Crippen LogP contribution in [0, 0.1) is 0 Å². The van der Waals surface area contributed by atoms with Gasteiger partial charge in [-0.2, -0.15) is 0 Å². The van der Waals surface area contributed by atoms with Crippen molar-refractivity contribution in [2.24, 2.45) is 0 Å². The van der Waals surface area contributed by atoms with Gasteiger partial charge in [0.2, 0.25) is 0 Å². The minimum Gasteiger partial charge on any atom is -0.314 e. The Morgan fingerprint density at radius 1 is 1.70 bits per heavy atom. The molecule has 1 aliphatic rings. The van der Waals surface area contributed by atoms with E-state index in [1.54, 1.807) is 6.20 Å². The summed E-state index contributed by atoms with van der Waals surface area (Å²) in [6, 6.07) is -0.165. The molecular weight excluding hydrogens is 128 g/mol. The maximum Gasteiger partial charge on any atom is 0.323 e. The van der Waals surface area contributed by atoms with E-state index in [-0.39, 0.29) is 6.03 Å². The van der Waals surface area contributed by atoms with E-state index in [0.717, 1.165) is 12.1 Å². The fourth-order valence-electron chi connectivity index (χ4n) is 0.755. The van der Waals surface area contributed by atoms with Crippen molar-refractivity contribution in [2.75, 3.05) is 0 Å². The Hall–Kier alpha value is -1.25. The van der Waals surface area contributed by atoms with E-state index >= 15 is 0 Å². The molecule has 0 fully saturated rings. The largest absolute Gasteiger partial charge is 0.323 e. The van der Waals surface area contributed by atoms with Crippen LogP contribution in [0.1, 0.15) is 13.3 Å². The third-order valence-electron chi connectivity index (χ3n) is 1.16. The Morgan fingerprint density at radius 2 is 2.50 bits per heavy atom. The first kappa shape index (κ1) is 6.86. The van der Waals surface area contributed by atoms with Crippen molar-refractivity contribution in [3.63, 3.8) is 0 Å². The molecule has 0 unspecified atom stereocenters. The molecule has 0 radical (unpaired) electrons. The van der Waals surface area contributed by atoms with E-state index in [9.17, 15) is 4.79 Å². The minimum absolute atomic E-state index is 0.165. The number of carbonyl (C=O) groups is 1. The van der Waals surface area contributed by atoms with Gasteiger partial charge in [0.15, 0.2) is 0 Å². The van der Waals surface area contributed by atoms with Gasteiger partial charge in [0.1, 0.15) is 0 Å². The molecule has 0 atom stereocenters. The first-order valence-corrected chi connectivity index (χ1v) is 3.27. The summed E-state index contributed by atoms with van der Waals surface area (Å²) in [5.74, 6) is 0. The van der Waals surface area contributed by atoms with E-state index in [2.05, 4.69) is 10.6 Å². The van der Waals surface area contributed by atoms with E-state index in [4.69, 9.17) is 0 Å². The summed E-state index contributed by atoms with van der Waals surface area (Å²) in [6.07, 6.45) is 6.33. The number of amides is 2. The minimum atomic E-state index is -0.165. The molecule has 0 aromatic heterocycles. The fraction of sp³-hybridized carbons (Fsp3) is 0.286. The van der Waals surface area contributed by atoms with Crippen LogP contribution >= 0.6 is 0 Å². The lowest BCUT2D eigenvalue weighted by molar-refractivity contribution is 0.246. The zero-order chi connectivity index (χ0) is 7.40. The number of allylic oxidation sites excluding steroid dienone is 2. The van der Waals surface area contributed by atoms with Gasteiger partial charge in [0.25, 0.3) is 0 Å². The number of urea groups is 1. The molecule has 0 aromatic rings. The Morgan fingerprint density at radius 3 is 3.10 bits per heavy atom. The Kier molecular flexibility index (Phi) is 2.10. The summed E-state index contributed by atoms with van der Waals surface area (Å²) in [6.45, 7) is 2.02. The molecule has 1 aliphatic heterocycles.